The van der Waals surface area contributed by atoms with Gasteiger partial charge < -0.3 is 0 Å². The third-order valence-electron chi connectivity index (χ3n) is 2.95. The summed E-state index contributed by atoms with van der Waals surface area (Å²) in [5.74, 6) is 0. The number of rotatable bonds is 4. The molecule has 0 saturated carbocycles. The molecule has 0 spiro atoms. The highest BCUT2D eigenvalue weighted by Crippen LogP contribution is 2.26. The average molecular weight is 454 g/mol. The lowest BCUT2D eigenvalue weighted by atomic mass is 10.1. The van der Waals surface area contributed by atoms with Crippen LogP contribution < -0.4 is 0 Å². The van der Waals surface area contributed by atoms with Gasteiger partial charge in [0.2, 0.25) is 0 Å². The molecule has 0 atom stereocenters. The van der Waals surface area contributed by atoms with Crippen LogP contribution in [0.5, 0.6) is 0 Å². The van der Waals surface area contributed by atoms with E-state index in [-0.39, 0.29) is 21.0 Å². The molecule has 0 saturated heterocycles. The van der Waals surface area contributed by atoms with E-state index in [1.165, 1.54) is 36.4 Å². The van der Waals surface area contributed by atoms with Crippen LogP contribution in [0.4, 0.5) is 0 Å². The minimum absolute atomic E-state index is 0.103. The summed E-state index contributed by atoms with van der Waals surface area (Å²) >= 11 is 8.83. The minimum Gasteiger partial charge on any atom is -0.282 e. The van der Waals surface area contributed by atoms with E-state index in [4.69, 9.17) is 11.6 Å². The average Bonchev–Trinajstić information content (AvgIpc) is 2.45. The summed E-state index contributed by atoms with van der Waals surface area (Å²) in [7, 11) is -8.99. The number of hydrogen-bond donors (Lipinski definition) is 2. The van der Waals surface area contributed by atoms with Gasteiger partial charge in [-0.1, -0.05) is 51.8 Å². The van der Waals surface area contributed by atoms with Crippen LogP contribution >= 0.6 is 27.5 Å². The largest absolute Gasteiger partial charge is 0.295 e. The molecule has 0 aliphatic rings. The van der Waals surface area contributed by atoms with Gasteiger partial charge in [-0.05, 0) is 35.4 Å². The fraction of sp³-hybridized carbons (Fsp3) is 0. The van der Waals surface area contributed by atoms with Crippen molar-refractivity contribution in [3.8, 4) is 0 Å². The van der Waals surface area contributed by atoms with Crippen molar-refractivity contribution in [2.75, 3.05) is 0 Å². The summed E-state index contributed by atoms with van der Waals surface area (Å²) in [5, 5.41) is 0.113. The SMILES string of the molecule is O=S(=O)(O)c1cc(Cl)ccc1C=Cc1ccc(Br)cc1S(=O)(=O)O. The molecule has 2 N–H and O–H groups in total. The molecule has 0 bridgehead atoms. The van der Waals surface area contributed by atoms with Crippen molar-refractivity contribution in [1.29, 1.82) is 0 Å². The quantitative estimate of drug-likeness (QED) is 0.539. The van der Waals surface area contributed by atoms with Crippen molar-refractivity contribution in [3.63, 3.8) is 0 Å². The van der Waals surface area contributed by atoms with Gasteiger partial charge in [-0.2, -0.15) is 16.8 Å². The highest BCUT2D eigenvalue weighted by atomic mass is 79.9. The lowest BCUT2D eigenvalue weighted by molar-refractivity contribution is 0.480. The molecule has 0 radical (unpaired) electrons. The van der Waals surface area contributed by atoms with Gasteiger partial charge in [-0.3, -0.25) is 9.11 Å². The van der Waals surface area contributed by atoms with E-state index in [0.717, 1.165) is 6.07 Å². The first kappa shape index (κ1) is 19.1. The highest BCUT2D eigenvalue weighted by Gasteiger charge is 2.16. The van der Waals surface area contributed by atoms with E-state index in [1.54, 1.807) is 6.07 Å². The normalized spacial score (nSPS) is 12.7. The topological polar surface area (TPSA) is 109 Å². The zero-order chi connectivity index (χ0) is 18.1. The zero-order valence-corrected chi connectivity index (χ0v) is 15.7. The minimum atomic E-state index is -4.52. The molecule has 128 valence electrons. The van der Waals surface area contributed by atoms with Crippen molar-refractivity contribution < 1.29 is 25.9 Å². The van der Waals surface area contributed by atoms with Crippen LogP contribution in [-0.4, -0.2) is 25.9 Å². The van der Waals surface area contributed by atoms with E-state index >= 15 is 0 Å². The van der Waals surface area contributed by atoms with Crippen molar-refractivity contribution >= 4 is 59.9 Å². The van der Waals surface area contributed by atoms with Crippen LogP contribution in [-0.2, 0) is 20.2 Å². The molecule has 0 fully saturated rings. The molecule has 10 heteroatoms. The predicted molar refractivity (Wildman–Crippen MR) is 94.2 cm³/mol. The molecule has 2 aromatic rings. The summed E-state index contributed by atoms with van der Waals surface area (Å²) < 4.78 is 64.7. The second kappa shape index (κ2) is 6.95. The summed E-state index contributed by atoms with van der Waals surface area (Å²) in [6, 6.07) is 8.03. The van der Waals surface area contributed by atoms with Crippen LogP contribution in [0.15, 0.2) is 50.7 Å². The standard InChI is InChI=1S/C14H10BrClO6S2/c15-11-5-3-9(13(7-11)23(17,18)19)1-2-10-4-6-12(16)8-14(10)24(20,21)22/h1-8H,(H,17,18,19)(H,20,21,22). The molecule has 0 unspecified atom stereocenters. The lowest BCUT2D eigenvalue weighted by Gasteiger charge is -2.06. The van der Waals surface area contributed by atoms with Crippen molar-refractivity contribution in [2.24, 2.45) is 0 Å². The molecule has 2 rings (SSSR count). The molecule has 0 amide bonds. The molecule has 6 nitrogen and oxygen atoms in total. The zero-order valence-electron chi connectivity index (χ0n) is 11.7. The predicted octanol–water partition coefficient (Wildman–Crippen LogP) is 3.77. The Kier molecular flexibility index (Phi) is 5.53. The Labute approximate surface area is 152 Å². The molecule has 0 aliphatic heterocycles. The van der Waals surface area contributed by atoms with Crippen LogP contribution in [0.3, 0.4) is 0 Å². The van der Waals surface area contributed by atoms with Crippen molar-refractivity contribution in [2.45, 2.75) is 9.79 Å². The van der Waals surface area contributed by atoms with Crippen LogP contribution in [0.2, 0.25) is 5.02 Å². The van der Waals surface area contributed by atoms with E-state index in [1.807, 2.05) is 0 Å². The second-order valence-corrected chi connectivity index (χ2v) is 8.78. The van der Waals surface area contributed by atoms with Crippen LogP contribution in [0, 0.1) is 0 Å². The third kappa shape index (κ3) is 4.65. The highest BCUT2D eigenvalue weighted by molar-refractivity contribution is 9.10. The Hall–Kier alpha value is -1.23. The number of benzene rings is 2. The molecular weight excluding hydrogens is 444 g/mol. The Balaban J connectivity index is 2.59. The second-order valence-electron chi connectivity index (χ2n) is 4.65. The maximum atomic E-state index is 11.4. The fourth-order valence-electron chi connectivity index (χ4n) is 1.92. The summed E-state index contributed by atoms with van der Waals surface area (Å²) in [6.45, 7) is 0. The van der Waals surface area contributed by atoms with Crippen LogP contribution in [0.25, 0.3) is 12.2 Å². The molecular formula is C14H10BrClO6S2. The number of halogens is 2. The van der Waals surface area contributed by atoms with Crippen molar-refractivity contribution in [1.82, 2.24) is 0 Å². The van der Waals surface area contributed by atoms with Crippen LogP contribution in [0.1, 0.15) is 11.1 Å². The van der Waals surface area contributed by atoms with Gasteiger partial charge in [0, 0.05) is 9.50 Å². The van der Waals surface area contributed by atoms with E-state index < -0.39 is 25.1 Å². The monoisotopic (exact) mass is 452 g/mol. The maximum Gasteiger partial charge on any atom is 0.295 e. The first-order valence-electron chi connectivity index (χ1n) is 6.20. The molecule has 0 heterocycles. The number of hydrogen-bond acceptors (Lipinski definition) is 4. The van der Waals surface area contributed by atoms with E-state index in [0.29, 0.717) is 4.47 Å². The van der Waals surface area contributed by atoms with Gasteiger partial charge >= 0.3 is 0 Å². The summed E-state index contributed by atoms with van der Waals surface area (Å²) in [6.07, 6.45) is 2.59. The van der Waals surface area contributed by atoms with E-state index in [2.05, 4.69) is 15.9 Å². The first-order valence-corrected chi connectivity index (χ1v) is 10.3. The molecule has 24 heavy (non-hydrogen) atoms. The summed E-state index contributed by atoms with van der Waals surface area (Å²) in [5.41, 5.74) is 0.239. The molecule has 0 aromatic heterocycles. The van der Waals surface area contributed by atoms with Crippen molar-refractivity contribution in [3.05, 3.63) is 57.0 Å². The Morgan fingerprint density at radius 1 is 0.833 bits per heavy atom. The van der Waals surface area contributed by atoms with Gasteiger partial charge in [0.15, 0.2) is 0 Å². The summed E-state index contributed by atoms with van der Waals surface area (Å²) in [4.78, 5) is -0.771. The maximum absolute atomic E-state index is 11.4. The fourth-order valence-corrected chi connectivity index (χ4v) is 4.09. The Morgan fingerprint density at radius 3 is 1.79 bits per heavy atom. The Bertz CT molecular complexity index is 946. The third-order valence-corrected chi connectivity index (χ3v) is 5.50. The van der Waals surface area contributed by atoms with E-state index in [9.17, 15) is 25.9 Å². The van der Waals surface area contributed by atoms with Gasteiger partial charge in [-0.25, -0.2) is 0 Å². The molecule has 0 aliphatic carbocycles. The van der Waals surface area contributed by atoms with Gasteiger partial charge in [0.05, 0.1) is 0 Å². The lowest BCUT2D eigenvalue weighted by Crippen LogP contribution is -2.01. The van der Waals surface area contributed by atoms with Gasteiger partial charge in [-0.15, -0.1) is 0 Å². The van der Waals surface area contributed by atoms with Gasteiger partial charge in [0.25, 0.3) is 20.2 Å². The van der Waals surface area contributed by atoms with Gasteiger partial charge in [0.1, 0.15) is 9.79 Å². The first-order chi connectivity index (χ1) is 11.0. The molecule has 2 aromatic carbocycles. The Morgan fingerprint density at radius 2 is 1.29 bits per heavy atom. The smallest absolute Gasteiger partial charge is 0.282 e.